The van der Waals surface area contributed by atoms with Crippen molar-refractivity contribution < 1.29 is 9.53 Å². The summed E-state index contributed by atoms with van der Waals surface area (Å²) in [7, 11) is 0. The fourth-order valence-electron chi connectivity index (χ4n) is 0.720. The van der Waals surface area contributed by atoms with E-state index in [9.17, 15) is 4.79 Å². The minimum atomic E-state index is -0.0972. The van der Waals surface area contributed by atoms with Gasteiger partial charge in [0.1, 0.15) is 6.29 Å². The summed E-state index contributed by atoms with van der Waals surface area (Å²) in [6.45, 7) is 3.27. The molecule has 0 aromatic rings. The van der Waals surface area contributed by atoms with Gasteiger partial charge in [0.05, 0.1) is 18.6 Å². The molecule has 0 aromatic carbocycles. The third kappa shape index (κ3) is 0.650. The quantitative estimate of drug-likeness (QED) is 0.492. The van der Waals surface area contributed by atoms with Crippen LogP contribution < -0.4 is 0 Å². The lowest BCUT2D eigenvalue weighted by Gasteiger charge is -2.35. The molecule has 1 aliphatic heterocycles. The zero-order chi connectivity index (χ0) is 6.04. The second kappa shape index (κ2) is 1.86. The average molecular weight is 114 g/mol. The van der Waals surface area contributed by atoms with Crippen molar-refractivity contribution in [2.24, 2.45) is 5.41 Å². The first-order chi connectivity index (χ1) is 3.83. The first-order valence-electron chi connectivity index (χ1n) is 2.87. The Morgan fingerprint density at radius 2 is 2.38 bits per heavy atom. The van der Waals surface area contributed by atoms with E-state index in [0.29, 0.717) is 13.2 Å². The van der Waals surface area contributed by atoms with E-state index in [0.717, 1.165) is 12.7 Å². The van der Waals surface area contributed by atoms with E-state index in [1.807, 2.05) is 6.92 Å². The molecule has 0 aliphatic carbocycles. The van der Waals surface area contributed by atoms with Crippen molar-refractivity contribution in [3.8, 4) is 0 Å². The average Bonchev–Trinajstić information content (AvgIpc) is 1.67. The summed E-state index contributed by atoms with van der Waals surface area (Å²) in [5.41, 5.74) is -0.0972. The Kier molecular flexibility index (Phi) is 1.34. The fourth-order valence-corrected chi connectivity index (χ4v) is 0.720. The van der Waals surface area contributed by atoms with Crippen molar-refractivity contribution in [2.75, 3.05) is 13.2 Å². The summed E-state index contributed by atoms with van der Waals surface area (Å²) in [5, 5.41) is 0. The zero-order valence-electron chi connectivity index (χ0n) is 5.02. The third-order valence-electron chi connectivity index (χ3n) is 1.73. The van der Waals surface area contributed by atoms with E-state index in [1.165, 1.54) is 0 Å². The van der Waals surface area contributed by atoms with E-state index < -0.39 is 0 Å². The van der Waals surface area contributed by atoms with Crippen LogP contribution in [0.25, 0.3) is 0 Å². The van der Waals surface area contributed by atoms with Gasteiger partial charge in [0.2, 0.25) is 0 Å². The second-order valence-electron chi connectivity index (χ2n) is 2.33. The highest BCUT2D eigenvalue weighted by Crippen LogP contribution is 2.27. The summed E-state index contributed by atoms with van der Waals surface area (Å²) in [4.78, 5) is 10.3. The van der Waals surface area contributed by atoms with E-state index in [4.69, 9.17) is 4.74 Å². The predicted molar refractivity (Wildman–Crippen MR) is 29.6 cm³/mol. The van der Waals surface area contributed by atoms with Crippen LogP contribution in [-0.4, -0.2) is 19.5 Å². The molecule has 2 nitrogen and oxygen atoms in total. The van der Waals surface area contributed by atoms with Gasteiger partial charge in [0.25, 0.3) is 0 Å². The highest BCUT2D eigenvalue weighted by molar-refractivity contribution is 5.60. The molecule has 0 saturated carbocycles. The van der Waals surface area contributed by atoms with Crippen LogP contribution in [0, 0.1) is 5.41 Å². The highest BCUT2D eigenvalue weighted by atomic mass is 16.5. The van der Waals surface area contributed by atoms with Gasteiger partial charge in [-0.15, -0.1) is 0 Å². The van der Waals surface area contributed by atoms with Gasteiger partial charge in [-0.1, -0.05) is 6.92 Å². The lowest BCUT2D eigenvalue weighted by Crippen LogP contribution is -2.43. The molecule has 1 aliphatic rings. The van der Waals surface area contributed by atoms with Gasteiger partial charge in [-0.3, -0.25) is 0 Å². The second-order valence-corrected chi connectivity index (χ2v) is 2.33. The Balaban J connectivity index is 2.45. The number of aldehydes is 1. The smallest absolute Gasteiger partial charge is 0.130 e. The van der Waals surface area contributed by atoms with Gasteiger partial charge in [-0.25, -0.2) is 0 Å². The normalized spacial score (nSPS) is 24.1. The van der Waals surface area contributed by atoms with Crippen LogP contribution in [0.3, 0.4) is 0 Å². The van der Waals surface area contributed by atoms with Crippen molar-refractivity contribution >= 4 is 6.29 Å². The fraction of sp³-hybridized carbons (Fsp3) is 0.833. The Labute approximate surface area is 48.8 Å². The van der Waals surface area contributed by atoms with Gasteiger partial charge < -0.3 is 9.53 Å². The van der Waals surface area contributed by atoms with Gasteiger partial charge in [0, 0.05) is 0 Å². The number of hydrogen-bond donors (Lipinski definition) is 0. The molecule has 0 unspecified atom stereocenters. The number of ether oxygens (including phenoxy) is 1. The molecule has 0 amide bonds. The van der Waals surface area contributed by atoms with Crippen molar-refractivity contribution in [1.82, 2.24) is 0 Å². The van der Waals surface area contributed by atoms with E-state index in [-0.39, 0.29) is 5.41 Å². The van der Waals surface area contributed by atoms with Gasteiger partial charge in [-0.05, 0) is 6.42 Å². The van der Waals surface area contributed by atoms with Crippen LogP contribution in [0.2, 0.25) is 0 Å². The van der Waals surface area contributed by atoms with Crippen LogP contribution in [0.5, 0.6) is 0 Å². The zero-order valence-corrected chi connectivity index (χ0v) is 5.02. The molecule has 0 aromatic heterocycles. The Morgan fingerprint density at radius 1 is 1.75 bits per heavy atom. The molecule has 1 saturated heterocycles. The van der Waals surface area contributed by atoms with Crippen molar-refractivity contribution in [1.29, 1.82) is 0 Å². The van der Waals surface area contributed by atoms with Crippen LogP contribution in [0.4, 0.5) is 0 Å². The van der Waals surface area contributed by atoms with E-state index in [2.05, 4.69) is 0 Å². The maximum absolute atomic E-state index is 10.3. The molecule has 0 spiro atoms. The third-order valence-corrected chi connectivity index (χ3v) is 1.73. The molecule has 0 bridgehead atoms. The molecule has 2 heteroatoms. The summed E-state index contributed by atoms with van der Waals surface area (Å²) >= 11 is 0. The topological polar surface area (TPSA) is 26.3 Å². The summed E-state index contributed by atoms with van der Waals surface area (Å²) < 4.78 is 4.89. The first-order valence-corrected chi connectivity index (χ1v) is 2.87. The molecular weight excluding hydrogens is 104 g/mol. The molecular formula is C6H10O2. The molecule has 1 fully saturated rings. The van der Waals surface area contributed by atoms with Crippen LogP contribution >= 0.6 is 0 Å². The molecule has 0 radical (unpaired) electrons. The van der Waals surface area contributed by atoms with E-state index >= 15 is 0 Å². The Bertz CT molecular complexity index is 89.2. The summed E-state index contributed by atoms with van der Waals surface area (Å²) in [6, 6.07) is 0. The Hall–Kier alpha value is -0.370. The van der Waals surface area contributed by atoms with Crippen LogP contribution in [-0.2, 0) is 9.53 Å². The van der Waals surface area contributed by atoms with Gasteiger partial charge >= 0.3 is 0 Å². The van der Waals surface area contributed by atoms with Crippen molar-refractivity contribution in [2.45, 2.75) is 13.3 Å². The van der Waals surface area contributed by atoms with Crippen LogP contribution in [0.15, 0.2) is 0 Å². The standard InChI is InChI=1S/C6H10O2/c1-2-6(3-7)4-8-5-6/h3H,2,4-5H2,1H3. The lowest BCUT2D eigenvalue weighted by molar-refractivity contribution is -0.146. The van der Waals surface area contributed by atoms with Crippen molar-refractivity contribution in [3.05, 3.63) is 0 Å². The molecule has 1 rings (SSSR count). The Morgan fingerprint density at radius 3 is 2.38 bits per heavy atom. The maximum atomic E-state index is 10.3. The largest absolute Gasteiger partial charge is 0.379 e. The number of rotatable bonds is 2. The molecule has 46 valence electrons. The van der Waals surface area contributed by atoms with Crippen molar-refractivity contribution in [3.63, 3.8) is 0 Å². The number of carbonyl (C=O) groups is 1. The lowest BCUT2D eigenvalue weighted by atomic mass is 9.85. The number of hydrogen-bond acceptors (Lipinski definition) is 2. The van der Waals surface area contributed by atoms with Gasteiger partial charge in [-0.2, -0.15) is 0 Å². The van der Waals surface area contributed by atoms with Gasteiger partial charge in [0.15, 0.2) is 0 Å². The van der Waals surface area contributed by atoms with Crippen LogP contribution in [0.1, 0.15) is 13.3 Å². The maximum Gasteiger partial charge on any atom is 0.130 e. The summed E-state index contributed by atoms with van der Waals surface area (Å²) in [6.07, 6.45) is 1.92. The minimum absolute atomic E-state index is 0.0972. The SMILES string of the molecule is CCC1(C=O)COC1. The minimum Gasteiger partial charge on any atom is -0.379 e. The van der Waals surface area contributed by atoms with E-state index in [1.54, 1.807) is 0 Å². The molecule has 0 atom stereocenters. The molecule has 1 heterocycles. The number of carbonyl (C=O) groups excluding carboxylic acids is 1. The monoisotopic (exact) mass is 114 g/mol. The molecule has 0 N–H and O–H groups in total. The highest BCUT2D eigenvalue weighted by Gasteiger charge is 2.36. The predicted octanol–water partition coefficient (Wildman–Crippen LogP) is 0.612. The first kappa shape index (κ1) is 5.76. The summed E-state index contributed by atoms with van der Waals surface area (Å²) in [5.74, 6) is 0. The molecule has 8 heavy (non-hydrogen) atoms.